The van der Waals surface area contributed by atoms with Gasteiger partial charge in [0.05, 0.1) is 6.10 Å². The normalized spacial score (nSPS) is 17.5. The van der Waals surface area contributed by atoms with E-state index in [0.29, 0.717) is 25.9 Å². The van der Waals surface area contributed by atoms with Gasteiger partial charge in [-0.3, -0.25) is 4.79 Å². The minimum absolute atomic E-state index is 0.0289. The second-order valence-electron chi connectivity index (χ2n) is 8.56. The number of likely N-dealkylation sites (tertiary alicyclic amines) is 1. The maximum absolute atomic E-state index is 14.2. The monoisotopic (exact) mass is 467 g/mol. The van der Waals surface area contributed by atoms with E-state index in [2.05, 4.69) is 10.5 Å². The summed E-state index contributed by atoms with van der Waals surface area (Å²) in [6, 6.07) is 2.15. The van der Waals surface area contributed by atoms with E-state index in [1.54, 1.807) is 4.90 Å². The number of benzene rings is 1. The van der Waals surface area contributed by atoms with Crippen LogP contribution in [0.25, 0.3) is 0 Å². The van der Waals surface area contributed by atoms with Crippen molar-refractivity contribution < 1.29 is 36.8 Å². The minimum atomic E-state index is -1.21. The number of rotatable bonds is 5. The van der Waals surface area contributed by atoms with E-state index in [1.807, 2.05) is 0 Å². The number of aromatic nitrogens is 1. The Hall–Kier alpha value is -3.24. The Labute approximate surface area is 188 Å². The van der Waals surface area contributed by atoms with E-state index in [4.69, 9.17) is 14.0 Å². The molecule has 4 rings (SSSR count). The van der Waals surface area contributed by atoms with Crippen LogP contribution in [0.3, 0.4) is 0 Å². The van der Waals surface area contributed by atoms with Crippen LogP contribution in [0.5, 0.6) is 5.75 Å². The first kappa shape index (κ1) is 22.9. The van der Waals surface area contributed by atoms with E-state index in [0.717, 1.165) is 18.9 Å². The summed E-state index contributed by atoms with van der Waals surface area (Å²) in [5.41, 5.74) is -0.330. The molecule has 33 heavy (non-hydrogen) atoms. The van der Waals surface area contributed by atoms with Crippen LogP contribution >= 0.6 is 0 Å². The number of ether oxygens (including phenoxy) is 2. The number of carbonyl (C=O) groups excluding carboxylic acids is 2. The first-order valence-corrected chi connectivity index (χ1v) is 10.6. The fraction of sp³-hybridized carbons (Fsp3) is 0.500. The van der Waals surface area contributed by atoms with Crippen LogP contribution < -0.4 is 10.1 Å². The number of nitrogens with one attached hydrogen (secondary N) is 1. The second kappa shape index (κ2) is 8.95. The zero-order valence-corrected chi connectivity index (χ0v) is 18.3. The maximum Gasteiger partial charge on any atom is 0.410 e. The van der Waals surface area contributed by atoms with Crippen molar-refractivity contribution in [3.05, 3.63) is 46.6 Å². The van der Waals surface area contributed by atoms with E-state index in [-0.39, 0.29) is 35.3 Å². The van der Waals surface area contributed by atoms with Gasteiger partial charge in [-0.25, -0.2) is 18.0 Å². The molecule has 0 unspecified atom stereocenters. The molecule has 178 valence electrons. The van der Waals surface area contributed by atoms with Crippen LogP contribution in [-0.2, 0) is 11.3 Å². The zero-order chi connectivity index (χ0) is 23.8. The average molecular weight is 467 g/mol. The van der Waals surface area contributed by atoms with Gasteiger partial charge in [0.2, 0.25) is 0 Å². The molecule has 0 bridgehead atoms. The molecule has 1 aromatic carbocycles. The van der Waals surface area contributed by atoms with Gasteiger partial charge < -0.3 is 24.2 Å². The highest BCUT2D eigenvalue weighted by Crippen LogP contribution is 2.50. The molecule has 11 heteroatoms. The SMILES string of the molecule is CNC(=O)c1cc(COC(=O)N2CCC3(CC2)CC(Oc2cc(F)c(F)c(C)c2F)C3)on1. The molecular formula is C22H24F3N3O5. The summed E-state index contributed by atoms with van der Waals surface area (Å²) in [6.07, 6.45) is 1.97. The van der Waals surface area contributed by atoms with E-state index in [1.165, 1.54) is 20.0 Å². The molecule has 2 heterocycles. The molecule has 1 aromatic heterocycles. The van der Waals surface area contributed by atoms with Gasteiger partial charge in [-0.1, -0.05) is 5.16 Å². The first-order chi connectivity index (χ1) is 15.7. The Morgan fingerprint density at radius 3 is 2.58 bits per heavy atom. The van der Waals surface area contributed by atoms with Crippen molar-refractivity contribution in [2.24, 2.45) is 5.41 Å². The highest BCUT2D eigenvalue weighted by atomic mass is 19.2. The Morgan fingerprint density at radius 2 is 1.91 bits per heavy atom. The number of halogens is 3. The Morgan fingerprint density at radius 1 is 1.21 bits per heavy atom. The van der Waals surface area contributed by atoms with Gasteiger partial charge in [0.1, 0.15) is 0 Å². The summed E-state index contributed by atoms with van der Waals surface area (Å²) >= 11 is 0. The summed E-state index contributed by atoms with van der Waals surface area (Å²) in [4.78, 5) is 25.4. The fourth-order valence-corrected chi connectivity index (χ4v) is 4.37. The van der Waals surface area contributed by atoms with Crippen LogP contribution in [0.1, 0.15) is 47.5 Å². The van der Waals surface area contributed by atoms with Gasteiger partial charge in [-0.15, -0.1) is 0 Å². The lowest BCUT2D eigenvalue weighted by Gasteiger charge is -2.51. The predicted molar refractivity (Wildman–Crippen MR) is 108 cm³/mol. The summed E-state index contributed by atoms with van der Waals surface area (Å²) in [7, 11) is 1.47. The van der Waals surface area contributed by atoms with Gasteiger partial charge >= 0.3 is 6.09 Å². The van der Waals surface area contributed by atoms with Crippen LogP contribution in [-0.4, -0.2) is 48.3 Å². The third-order valence-corrected chi connectivity index (χ3v) is 6.40. The molecule has 2 fully saturated rings. The van der Waals surface area contributed by atoms with Crippen LogP contribution in [0.4, 0.5) is 18.0 Å². The lowest BCUT2D eigenvalue weighted by molar-refractivity contribution is -0.0553. The van der Waals surface area contributed by atoms with Gasteiger partial charge in [0.25, 0.3) is 5.91 Å². The van der Waals surface area contributed by atoms with Crippen molar-refractivity contribution in [1.29, 1.82) is 0 Å². The Kier molecular flexibility index (Phi) is 6.22. The van der Waals surface area contributed by atoms with Gasteiger partial charge in [-0.05, 0) is 38.0 Å². The summed E-state index contributed by atoms with van der Waals surface area (Å²) in [6.45, 7) is 2.01. The molecule has 1 saturated heterocycles. The topological polar surface area (TPSA) is 93.9 Å². The van der Waals surface area contributed by atoms with Crippen molar-refractivity contribution in [3.63, 3.8) is 0 Å². The molecule has 1 aliphatic heterocycles. The summed E-state index contributed by atoms with van der Waals surface area (Å²) < 4.78 is 57.0. The molecule has 1 saturated carbocycles. The van der Waals surface area contributed by atoms with Crippen molar-refractivity contribution in [3.8, 4) is 5.75 Å². The third kappa shape index (κ3) is 4.62. The fourth-order valence-electron chi connectivity index (χ4n) is 4.37. The lowest BCUT2D eigenvalue weighted by atomic mass is 9.61. The number of hydrogen-bond donors (Lipinski definition) is 1. The van der Waals surface area contributed by atoms with Gasteiger partial charge in [0.15, 0.2) is 41.3 Å². The van der Waals surface area contributed by atoms with Crippen LogP contribution in [0.2, 0.25) is 0 Å². The zero-order valence-electron chi connectivity index (χ0n) is 18.3. The molecule has 2 amide bonds. The van der Waals surface area contributed by atoms with E-state index < -0.39 is 35.0 Å². The molecule has 8 nitrogen and oxygen atoms in total. The highest BCUT2D eigenvalue weighted by molar-refractivity contribution is 5.91. The number of hydrogen-bond acceptors (Lipinski definition) is 6. The van der Waals surface area contributed by atoms with Crippen LogP contribution in [0.15, 0.2) is 16.7 Å². The highest BCUT2D eigenvalue weighted by Gasteiger charge is 2.48. The first-order valence-electron chi connectivity index (χ1n) is 10.6. The molecule has 0 atom stereocenters. The quantitative estimate of drug-likeness (QED) is 0.674. The number of piperidine rings is 1. The van der Waals surface area contributed by atoms with Crippen molar-refractivity contribution >= 4 is 12.0 Å². The van der Waals surface area contributed by atoms with Gasteiger partial charge in [0, 0.05) is 37.8 Å². The summed E-state index contributed by atoms with van der Waals surface area (Å²) in [5, 5.41) is 6.02. The van der Waals surface area contributed by atoms with Gasteiger partial charge in [-0.2, -0.15) is 0 Å². The molecule has 1 aliphatic carbocycles. The Balaban J connectivity index is 1.23. The second-order valence-corrected chi connectivity index (χ2v) is 8.56. The molecule has 1 N–H and O–H groups in total. The number of carbonyl (C=O) groups is 2. The molecule has 1 spiro atoms. The predicted octanol–water partition coefficient (Wildman–Crippen LogP) is 3.72. The van der Waals surface area contributed by atoms with Crippen molar-refractivity contribution in [2.45, 2.75) is 45.3 Å². The van der Waals surface area contributed by atoms with Crippen molar-refractivity contribution in [2.75, 3.05) is 20.1 Å². The average Bonchev–Trinajstić information content (AvgIpc) is 3.27. The maximum atomic E-state index is 14.2. The minimum Gasteiger partial charge on any atom is -0.487 e. The number of amides is 2. The molecule has 0 radical (unpaired) electrons. The third-order valence-electron chi connectivity index (χ3n) is 6.40. The summed E-state index contributed by atoms with van der Waals surface area (Å²) in [5.74, 6) is -3.66. The molecule has 2 aliphatic rings. The smallest absolute Gasteiger partial charge is 0.410 e. The largest absolute Gasteiger partial charge is 0.487 e. The standard InChI is InChI=1S/C22H24F3N3O5/c1-12-18(24)15(23)8-17(19(12)25)32-14-9-22(10-14)3-5-28(6-4-22)21(30)31-11-13-7-16(27-33-13)20(29)26-2/h7-8,14H,3-6,9-11H2,1-2H3,(H,26,29). The van der Waals surface area contributed by atoms with Crippen LogP contribution in [0, 0.1) is 29.8 Å². The van der Waals surface area contributed by atoms with Crippen molar-refractivity contribution in [1.82, 2.24) is 15.4 Å². The number of nitrogens with zero attached hydrogens (tertiary/aromatic N) is 2. The molecular weight excluding hydrogens is 443 g/mol. The van der Waals surface area contributed by atoms with E-state index >= 15 is 0 Å². The molecule has 2 aromatic rings. The Bertz CT molecular complexity index is 1060. The lowest BCUT2D eigenvalue weighted by Crippen LogP contribution is -2.52. The van der Waals surface area contributed by atoms with E-state index in [9.17, 15) is 22.8 Å².